The fourth-order valence-electron chi connectivity index (χ4n) is 2.63. The zero-order valence-corrected chi connectivity index (χ0v) is 13.4. The van der Waals surface area contributed by atoms with Crippen molar-refractivity contribution in [2.75, 3.05) is 26.7 Å². The van der Waals surface area contributed by atoms with E-state index in [-0.39, 0.29) is 30.7 Å². The molecule has 0 radical (unpaired) electrons. The molecule has 1 aliphatic rings. The molecule has 0 spiro atoms. The number of carbonyl (C=O) groups is 3. The van der Waals surface area contributed by atoms with Crippen molar-refractivity contribution in [1.29, 1.82) is 0 Å². The fourth-order valence-corrected chi connectivity index (χ4v) is 2.63. The summed E-state index contributed by atoms with van der Waals surface area (Å²) in [5, 5.41) is 8.96. The molecule has 126 valence electrons. The van der Waals surface area contributed by atoms with Crippen LogP contribution in [0.4, 0.5) is 0 Å². The van der Waals surface area contributed by atoms with Gasteiger partial charge in [-0.1, -0.05) is 0 Å². The number of carboxylic acid groups (broad SMARTS) is 1. The number of furan rings is 1. The highest BCUT2D eigenvalue weighted by atomic mass is 16.4. The molecule has 0 aliphatic carbocycles. The van der Waals surface area contributed by atoms with Crippen LogP contribution in [-0.4, -0.2) is 59.4 Å². The van der Waals surface area contributed by atoms with E-state index in [4.69, 9.17) is 9.52 Å². The van der Waals surface area contributed by atoms with Gasteiger partial charge < -0.3 is 19.3 Å². The highest BCUT2D eigenvalue weighted by Crippen LogP contribution is 2.17. The summed E-state index contributed by atoms with van der Waals surface area (Å²) in [4.78, 5) is 38.2. The van der Waals surface area contributed by atoms with E-state index < -0.39 is 5.97 Å². The lowest BCUT2D eigenvalue weighted by Gasteiger charge is -2.31. The first kappa shape index (κ1) is 17.1. The lowest BCUT2D eigenvalue weighted by Crippen LogP contribution is -2.45. The molecule has 0 atom stereocenters. The van der Waals surface area contributed by atoms with E-state index in [1.54, 1.807) is 24.1 Å². The van der Waals surface area contributed by atoms with Crippen LogP contribution in [0.3, 0.4) is 0 Å². The van der Waals surface area contributed by atoms with E-state index in [1.165, 1.54) is 4.90 Å². The number of piperidine rings is 1. The van der Waals surface area contributed by atoms with Crippen LogP contribution in [0, 0.1) is 12.8 Å². The predicted molar refractivity (Wildman–Crippen MR) is 81.7 cm³/mol. The Morgan fingerprint density at radius 3 is 2.48 bits per heavy atom. The Morgan fingerprint density at radius 2 is 1.96 bits per heavy atom. The monoisotopic (exact) mass is 322 g/mol. The van der Waals surface area contributed by atoms with Crippen LogP contribution in [-0.2, 0) is 20.8 Å². The quantitative estimate of drug-likeness (QED) is 0.870. The van der Waals surface area contributed by atoms with E-state index >= 15 is 0 Å². The summed E-state index contributed by atoms with van der Waals surface area (Å²) in [6.07, 6.45) is 1.05. The number of rotatable bonds is 5. The van der Waals surface area contributed by atoms with Gasteiger partial charge in [-0.05, 0) is 31.9 Å². The number of carboxylic acids is 1. The van der Waals surface area contributed by atoms with Gasteiger partial charge in [0.1, 0.15) is 11.5 Å². The van der Waals surface area contributed by atoms with Crippen molar-refractivity contribution in [3.05, 3.63) is 23.7 Å². The number of likely N-dealkylation sites (tertiary alicyclic amines) is 1. The average Bonchev–Trinajstić information content (AvgIpc) is 2.92. The van der Waals surface area contributed by atoms with Crippen LogP contribution in [0.2, 0.25) is 0 Å². The number of aryl methyl sites for hydroxylation is 1. The summed E-state index contributed by atoms with van der Waals surface area (Å²) in [5.41, 5.74) is 0. The Bertz CT molecular complexity index is 587. The summed E-state index contributed by atoms with van der Waals surface area (Å²) in [6.45, 7) is 2.66. The van der Waals surface area contributed by atoms with E-state index in [1.807, 2.05) is 6.92 Å². The van der Waals surface area contributed by atoms with Crippen molar-refractivity contribution in [3.63, 3.8) is 0 Å². The maximum absolute atomic E-state index is 12.2. The van der Waals surface area contributed by atoms with Crippen molar-refractivity contribution < 1.29 is 23.9 Å². The molecule has 0 saturated carbocycles. The second-order valence-corrected chi connectivity index (χ2v) is 5.93. The molecule has 7 heteroatoms. The molecule has 1 saturated heterocycles. The smallest absolute Gasteiger partial charge is 0.306 e. The molecule has 1 N–H and O–H groups in total. The molecule has 0 aromatic carbocycles. The lowest BCUT2D eigenvalue weighted by atomic mass is 9.97. The molecule has 0 unspecified atom stereocenters. The minimum atomic E-state index is -0.807. The number of hydrogen-bond acceptors (Lipinski definition) is 4. The Kier molecular flexibility index (Phi) is 5.41. The van der Waals surface area contributed by atoms with Crippen molar-refractivity contribution in [3.8, 4) is 0 Å². The second kappa shape index (κ2) is 7.30. The van der Waals surface area contributed by atoms with Gasteiger partial charge in [0.15, 0.2) is 0 Å². The maximum atomic E-state index is 12.2. The van der Waals surface area contributed by atoms with Crippen molar-refractivity contribution >= 4 is 17.8 Å². The standard InChI is InChI=1S/C16H22N2O5/c1-11-3-4-13(23-11)9-14(19)17(2)10-15(20)18-7-5-12(6-8-18)16(21)22/h3-4,12H,5-10H2,1-2H3,(H,21,22). The van der Waals surface area contributed by atoms with Gasteiger partial charge in [-0.15, -0.1) is 0 Å². The number of amides is 2. The molecule has 7 nitrogen and oxygen atoms in total. The highest BCUT2D eigenvalue weighted by molar-refractivity contribution is 5.85. The molecule has 2 rings (SSSR count). The summed E-state index contributed by atoms with van der Waals surface area (Å²) in [7, 11) is 1.58. The van der Waals surface area contributed by atoms with Crippen molar-refractivity contribution in [2.24, 2.45) is 5.92 Å². The van der Waals surface area contributed by atoms with E-state index in [0.29, 0.717) is 31.7 Å². The Balaban J connectivity index is 1.80. The largest absolute Gasteiger partial charge is 0.481 e. The van der Waals surface area contributed by atoms with Crippen LogP contribution in [0.5, 0.6) is 0 Å². The molecular formula is C16H22N2O5. The fraction of sp³-hybridized carbons (Fsp3) is 0.562. The minimum absolute atomic E-state index is 0.00371. The first-order valence-corrected chi connectivity index (χ1v) is 7.66. The van der Waals surface area contributed by atoms with Crippen LogP contribution >= 0.6 is 0 Å². The van der Waals surface area contributed by atoms with Gasteiger partial charge in [-0.3, -0.25) is 14.4 Å². The van der Waals surface area contributed by atoms with Crippen LogP contribution in [0.15, 0.2) is 16.5 Å². The molecular weight excluding hydrogens is 300 g/mol. The predicted octanol–water partition coefficient (Wildman–Crippen LogP) is 0.912. The second-order valence-electron chi connectivity index (χ2n) is 5.93. The summed E-state index contributed by atoms with van der Waals surface area (Å²) < 4.78 is 5.36. The van der Waals surface area contributed by atoms with Crippen molar-refractivity contribution in [1.82, 2.24) is 9.80 Å². The third kappa shape index (κ3) is 4.58. The zero-order chi connectivity index (χ0) is 17.0. The van der Waals surface area contributed by atoms with Gasteiger partial charge in [0.25, 0.3) is 0 Å². The van der Waals surface area contributed by atoms with Crippen LogP contribution in [0.25, 0.3) is 0 Å². The van der Waals surface area contributed by atoms with E-state index in [0.717, 1.165) is 5.76 Å². The normalized spacial score (nSPS) is 15.5. The summed E-state index contributed by atoms with van der Waals surface area (Å²) in [5.74, 6) is -0.200. The highest BCUT2D eigenvalue weighted by Gasteiger charge is 2.27. The Hall–Kier alpha value is -2.31. The van der Waals surface area contributed by atoms with Gasteiger partial charge in [-0.25, -0.2) is 0 Å². The summed E-state index contributed by atoms with van der Waals surface area (Å²) in [6, 6.07) is 3.54. The van der Waals surface area contributed by atoms with Gasteiger partial charge in [0.05, 0.1) is 18.9 Å². The maximum Gasteiger partial charge on any atom is 0.306 e. The SMILES string of the molecule is Cc1ccc(CC(=O)N(C)CC(=O)N2CCC(C(=O)O)CC2)o1. The van der Waals surface area contributed by atoms with Gasteiger partial charge in [0, 0.05) is 20.1 Å². The number of carbonyl (C=O) groups excluding carboxylic acids is 2. The minimum Gasteiger partial charge on any atom is -0.481 e. The van der Waals surface area contributed by atoms with Crippen molar-refractivity contribution in [2.45, 2.75) is 26.2 Å². The molecule has 1 aliphatic heterocycles. The average molecular weight is 322 g/mol. The molecule has 2 heterocycles. The molecule has 1 aromatic heterocycles. The van der Waals surface area contributed by atoms with E-state index in [9.17, 15) is 14.4 Å². The van der Waals surface area contributed by atoms with Crippen LogP contribution < -0.4 is 0 Å². The Morgan fingerprint density at radius 1 is 1.30 bits per heavy atom. The number of nitrogens with zero attached hydrogens (tertiary/aromatic N) is 2. The summed E-state index contributed by atoms with van der Waals surface area (Å²) >= 11 is 0. The van der Waals surface area contributed by atoms with Gasteiger partial charge in [-0.2, -0.15) is 0 Å². The molecule has 2 amide bonds. The molecule has 23 heavy (non-hydrogen) atoms. The topological polar surface area (TPSA) is 91.1 Å². The molecule has 0 bridgehead atoms. The van der Waals surface area contributed by atoms with Gasteiger partial charge in [0.2, 0.25) is 11.8 Å². The Labute approximate surface area is 134 Å². The first-order chi connectivity index (χ1) is 10.9. The lowest BCUT2D eigenvalue weighted by molar-refractivity contribution is -0.146. The molecule has 1 aromatic rings. The number of hydrogen-bond donors (Lipinski definition) is 1. The first-order valence-electron chi connectivity index (χ1n) is 7.66. The third-order valence-electron chi connectivity index (χ3n) is 4.12. The molecule has 1 fully saturated rings. The number of likely N-dealkylation sites (N-methyl/N-ethyl adjacent to an activating group) is 1. The third-order valence-corrected chi connectivity index (χ3v) is 4.12. The van der Waals surface area contributed by atoms with Crippen LogP contribution in [0.1, 0.15) is 24.4 Å². The van der Waals surface area contributed by atoms with Gasteiger partial charge >= 0.3 is 5.97 Å². The zero-order valence-electron chi connectivity index (χ0n) is 13.4. The van der Waals surface area contributed by atoms with E-state index in [2.05, 4.69) is 0 Å². The number of aliphatic carboxylic acids is 1.